The van der Waals surface area contributed by atoms with Crippen LogP contribution in [-0.2, 0) is 9.84 Å². The second-order valence-electron chi connectivity index (χ2n) is 7.90. The molecule has 0 spiro atoms. The van der Waals surface area contributed by atoms with Crippen molar-refractivity contribution in [2.24, 2.45) is 0 Å². The summed E-state index contributed by atoms with van der Waals surface area (Å²) >= 11 is 0. The highest BCUT2D eigenvalue weighted by Gasteiger charge is 2.34. The van der Waals surface area contributed by atoms with Gasteiger partial charge in [0.15, 0.2) is 15.5 Å². The van der Waals surface area contributed by atoms with E-state index in [1.165, 1.54) is 0 Å². The van der Waals surface area contributed by atoms with Crippen LogP contribution in [0.4, 0.5) is 0 Å². The van der Waals surface area contributed by atoms with Crippen LogP contribution in [0, 0.1) is 6.92 Å². The maximum Gasteiger partial charge on any atom is 0.252 e. The van der Waals surface area contributed by atoms with E-state index < -0.39 is 9.84 Å². The van der Waals surface area contributed by atoms with E-state index in [4.69, 9.17) is 4.98 Å². The Morgan fingerprint density at radius 2 is 2.00 bits per heavy atom. The number of carbonyl (C=O) groups excluding carboxylic acids is 1. The van der Waals surface area contributed by atoms with Crippen LogP contribution in [0.5, 0.6) is 0 Å². The maximum atomic E-state index is 12.8. The summed E-state index contributed by atoms with van der Waals surface area (Å²) in [5.74, 6) is 0.628. The molecular weight excluding hydrogens is 352 g/mol. The Balaban J connectivity index is 1.65. The highest BCUT2D eigenvalue weighted by molar-refractivity contribution is 7.91. The van der Waals surface area contributed by atoms with Crippen LogP contribution in [0.25, 0.3) is 11.0 Å². The first-order valence-electron chi connectivity index (χ1n) is 9.32. The lowest BCUT2D eigenvalue weighted by atomic mass is 10.1. The Morgan fingerprint density at radius 3 is 2.62 bits per heavy atom. The smallest absolute Gasteiger partial charge is 0.252 e. The number of pyridine rings is 1. The van der Waals surface area contributed by atoms with E-state index in [9.17, 15) is 13.2 Å². The fourth-order valence-corrected chi connectivity index (χ4v) is 5.51. The summed E-state index contributed by atoms with van der Waals surface area (Å²) in [6, 6.07) is 2.00. The van der Waals surface area contributed by atoms with Gasteiger partial charge < -0.3 is 5.32 Å². The summed E-state index contributed by atoms with van der Waals surface area (Å²) in [5.41, 5.74) is 2.96. The zero-order valence-electron chi connectivity index (χ0n) is 14.7. The van der Waals surface area contributed by atoms with Gasteiger partial charge in [-0.15, -0.1) is 0 Å². The normalized spacial score (nSPS) is 24.9. The minimum Gasteiger partial charge on any atom is -0.349 e. The van der Waals surface area contributed by atoms with Gasteiger partial charge in [-0.1, -0.05) is 0 Å². The van der Waals surface area contributed by atoms with Crippen LogP contribution in [0.1, 0.15) is 65.8 Å². The Hall–Kier alpha value is -1.96. The number of sulfone groups is 1. The molecule has 2 aromatic heterocycles. The van der Waals surface area contributed by atoms with Crippen LogP contribution in [0.2, 0.25) is 0 Å². The Bertz CT molecular complexity index is 1020. The van der Waals surface area contributed by atoms with Crippen molar-refractivity contribution in [2.75, 3.05) is 11.5 Å². The van der Waals surface area contributed by atoms with Gasteiger partial charge in [-0.25, -0.2) is 18.1 Å². The average molecular weight is 374 g/mol. The molecule has 0 aromatic carbocycles. The first-order valence-corrected chi connectivity index (χ1v) is 11.1. The molecule has 1 atom stereocenters. The third-order valence-corrected chi connectivity index (χ3v) is 7.31. The topological polar surface area (TPSA) is 93.9 Å². The van der Waals surface area contributed by atoms with Crippen molar-refractivity contribution in [3.05, 3.63) is 23.0 Å². The number of hydrogen-bond acceptors (Lipinski definition) is 5. The van der Waals surface area contributed by atoms with Crippen molar-refractivity contribution in [3.8, 4) is 0 Å². The van der Waals surface area contributed by atoms with Crippen molar-refractivity contribution >= 4 is 26.8 Å². The van der Waals surface area contributed by atoms with Crippen molar-refractivity contribution in [3.63, 3.8) is 0 Å². The number of aromatic nitrogens is 3. The van der Waals surface area contributed by atoms with Gasteiger partial charge in [0, 0.05) is 17.7 Å². The van der Waals surface area contributed by atoms with Gasteiger partial charge in [-0.3, -0.25) is 4.79 Å². The molecule has 1 saturated heterocycles. The van der Waals surface area contributed by atoms with E-state index >= 15 is 0 Å². The molecule has 26 heavy (non-hydrogen) atoms. The molecule has 7 nitrogen and oxygen atoms in total. The highest BCUT2D eigenvalue weighted by Crippen LogP contribution is 2.41. The molecule has 1 N–H and O–H groups in total. The van der Waals surface area contributed by atoms with Crippen molar-refractivity contribution < 1.29 is 13.2 Å². The van der Waals surface area contributed by atoms with Gasteiger partial charge in [0.1, 0.15) is 0 Å². The largest absolute Gasteiger partial charge is 0.349 e. The molecule has 3 fully saturated rings. The van der Waals surface area contributed by atoms with Crippen LogP contribution < -0.4 is 5.32 Å². The van der Waals surface area contributed by atoms with Gasteiger partial charge in [0.2, 0.25) is 0 Å². The van der Waals surface area contributed by atoms with E-state index in [-0.39, 0.29) is 29.5 Å². The fraction of sp³-hybridized carbons (Fsp3) is 0.611. The van der Waals surface area contributed by atoms with E-state index in [1.807, 2.05) is 13.0 Å². The second-order valence-corrected chi connectivity index (χ2v) is 10.1. The lowest BCUT2D eigenvalue weighted by Crippen LogP contribution is -2.26. The molecule has 5 rings (SSSR count). The van der Waals surface area contributed by atoms with Gasteiger partial charge in [-0.05, 0) is 45.1 Å². The van der Waals surface area contributed by atoms with E-state index in [0.29, 0.717) is 23.5 Å². The zero-order valence-corrected chi connectivity index (χ0v) is 15.6. The van der Waals surface area contributed by atoms with Crippen LogP contribution in [0.15, 0.2) is 6.07 Å². The van der Waals surface area contributed by atoms with Crippen LogP contribution in [0.3, 0.4) is 0 Å². The molecular formula is C18H22N4O3S. The third-order valence-electron chi connectivity index (χ3n) is 5.56. The standard InChI is InChI=1S/C18H22N4O3S/c1-10-16-14(18(23)19-12-4-5-12)8-15(11-2-3-11)20-17(16)22(21-10)13-6-7-26(24,25)9-13/h8,11-13H,2-7,9H2,1H3,(H,19,23)/t13-/m1/s1. The molecule has 0 unspecified atom stereocenters. The quantitative estimate of drug-likeness (QED) is 0.882. The number of nitrogens with one attached hydrogen (secondary N) is 1. The highest BCUT2D eigenvalue weighted by atomic mass is 32.2. The number of hydrogen-bond donors (Lipinski definition) is 1. The first-order chi connectivity index (χ1) is 12.4. The molecule has 3 heterocycles. The summed E-state index contributed by atoms with van der Waals surface area (Å²) < 4.78 is 25.6. The third kappa shape index (κ3) is 2.80. The number of fused-ring (bicyclic) bond motifs is 1. The number of rotatable bonds is 4. The van der Waals surface area contributed by atoms with Crippen LogP contribution >= 0.6 is 0 Å². The fourth-order valence-electron chi connectivity index (χ4n) is 3.81. The number of nitrogens with zero attached hydrogens (tertiary/aromatic N) is 3. The minimum atomic E-state index is -3.02. The van der Waals surface area contributed by atoms with E-state index in [2.05, 4.69) is 10.4 Å². The number of amides is 1. The Morgan fingerprint density at radius 1 is 1.23 bits per heavy atom. The van der Waals surface area contributed by atoms with E-state index in [1.54, 1.807) is 4.68 Å². The molecule has 2 aliphatic carbocycles. The maximum absolute atomic E-state index is 12.8. The molecule has 1 amide bonds. The van der Waals surface area contributed by atoms with Gasteiger partial charge in [0.05, 0.1) is 34.2 Å². The molecule has 1 aliphatic heterocycles. The van der Waals surface area contributed by atoms with Crippen LogP contribution in [-0.4, -0.2) is 46.6 Å². The van der Waals surface area contributed by atoms with Crippen molar-refractivity contribution in [2.45, 2.75) is 57.0 Å². The zero-order chi connectivity index (χ0) is 18.1. The summed E-state index contributed by atoms with van der Waals surface area (Å²) in [5, 5.41) is 8.44. The average Bonchev–Trinajstić information content (AvgIpc) is 3.50. The number of aryl methyl sites for hydroxylation is 1. The predicted octanol–water partition coefficient (Wildman–Crippen LogP) is 1.87. The lowest BCUT2D eigenvalue weighted by molar-refractivity contribution is 0.0952. The Labute approximate surface area is 152 Å². The summed E-state index contributed by atoms with van der Waals surface area (Å²) in [6.45, 7) is 1.87. The number of carbonyl (C=O) groups is 1. The molecule has 0 radical (unpaired) electrons. The SMILES string of the molecule is Cc1nn([C@@H]2CCS(=O)(=O)C2)c2nc(C3CC3)cc(C(=O)NC3CC3)c12. The summed E-state index contributed by atoms with van der Waals surface area (Å²) in [4.78, 5) is 17.6. The molecule has 2 aromatic rings. The molecule has 138 valence electrons. The molecule has 3 aliphatic rings. The Kier molecular flexibility index (Phi) is 3.44. The van der Waals surface area contributed by atoms with Crippen molar-refractivity contribution in [1.82, 2.24) is 20.1 Å². The van der Waals surface area contributed by atoms with E-state index in [0.717, 1.165) is 42.5 Å². The lowest BCUT2D eigenvalue weighted by Gasteiger charge is -2.12. The van der Waals surface area contributed by atoms with Gasteiger partial charge in [0.25, 0.3) is 5.91 Å². The summed E-state index contributed by atoms with van der Waals surface area (Å²) in [6.07, 6.45) is 4.80. The minimum absolute atomic E-state index is 0.0662. The monoisotopic (exact) mass is 374 g/mol. The second kappa shape index (κ2) is 5.52. The van der Waals surface area contributed by atoms with Gasteiger partial charge in [-0.2, -0.15) is 5.10 Å². The molecule has 0 bridgehead atoms. The first kappa shape index (κ1) is 16.2. The molecule has 2 saturated carbocycles. The van der Waals surface area contributed by atoms with Crippen molar-refractivity contribution in [1.29, 1.82) is 0 Å². The molecule has 8 heteroatoms. The van der Waals surface area contributed by atoms with Gasteiger partial charge >= 0.3 is 0 Å². The predicted molar refractivity (Wildman–Crippen MR) is 97.0 cm³/mol. The summed E-state index contributed by atoms with van der Waals surface area (Å²) in [7, 11) is -3.02.